The number of piperidine rings is 1. The Balaban J connectivity index is 3.01. The second-order valence-electron chi connectivity index (χ2n) is 2.29. The largest absolute Gasteiger partial charge is 0.312 e. The van der Waals surface area contributed by atoms with Gasteiger partial charge in [0.2, 0.25) is 0 Å². The summed E-state index contributed by atoms with van der Waals surface area (Å²) < 4.78 is 44.0. The predicted octanol–water partition coefficient (Wildman–Crippen LogP) is 1.54. The zero-order valence-electron chi connectivity index (χ0n) is 10.8. The van der Waals surface area contributed by atoms with Crippen LogP contribution in [-0.4, -0.2) is 12.1 Å². The molecule has 0 aromatic heterocycles. The third-order valence-electron chi connectivity index (χ3n) is 1.41. The number of nitrogens with one attached hydrogen (secondary N) is 1. The van der Waals surface area contributed by atoms with E-state index in [9.17, 15) is 0 Å². The molecule has 0 amide bonds. The van der Waals surface area contributed by atoms with E-state index in [0.717, 1.165) is 6.42 Å². The van der Waals surface area contributed by atoms with Crippen LogP contribution in [0.2, 0.25) is 0 Å². The Morgan fingerprint density at radius 3 is 2.75 bits per heavy atom. The fourth-order valence-electron chi connectivity index (χ4n) is 0.905. The third-order valence-corrected chi connectivity index (χ3v) is 1.41. The maximum Gasteiger partial charge on any atom is 0.0249 e. The Hall–Kier alpha value is -0.0400. The summed E-state index contributed by atoms with van der Waals surface area (Å²) in [6.07, 6.45) is 1.69. The van der Waals surface area contributed by atoms with Gasteiger partial charge in [-0.25, -0.2) is 0 Å². The molecular weight excluding hydrogens is 98.1 g/mol. The van der Waals surface area contributed by atoms with Gasteiger partial charge in [0.1, 0.15) is 0 Å². The summed E-state index contributed by atoms with van der Waals surface area (Å²) in [5.41, 5.74) is -1.70. The zero-order chi connectivity index (χ0) is 11.0. The quantitative estimate of drug-likeness (QED) is 0.510. The maximum absolute atomic E-state index is 7.34. The summed E-state index contributed by atoms with van der Waals surface area (Å²) in [4.78, 5) is 0. The fourth-order valence-corrected chi connectivity index (χ4v) is 0.905. The molecule has 0 aromatic carbocycles. The normalized spacial score (nSPS) is 42.0. The minimum Gasteiger partial charge on any atom is -0.312 e. The van der Waals surface area contributed by atoms with Crippen LogP contribution < -0.4 is 5.32 Å². The molecule has 48 valence electrons. The van der Waals surface area contributed by atoms with Crippen LogP contribution in [-0.2, 0) is 0 Å². The average Bonchev–Trinajstić information content (AvgIpc) is 2.02. The Kier molecular flexibility index (Phi) is 0.509. The summed E-state index contributed by atoms with van der Waals surface area (Å²) in [6.45, 7) is -4.48. The van der Waals surface area contributed by atoms with Gasteiger partial charge in [-0.1, -0.05) is 6.42 Å². The third kappa shape index (κ3) is 1.48. The molecule has 0 aliphatic carbocycles. The minimum absolute atomic E-state index is 0.194. The van der Waals surface area contributed by atoms with Crippen molar-refractivity contribution in [2.45, 2.75) is 38.5 Å². The summed E-state index contributed by atoms with van der Waals surface area (Å²) in [7, 11) is 0. The van der Waals surface area contributed by atoms with Gasteiger partial charge in [0, 0.05) is 13.8 Å². The van der Waals surface area contributed by atoms with Gasteiger partial charge in [0.15, 0.2) is 0 Å². The molecule has 1 heteroatoms. The van der Waals surface area contributed by atoms with E-state index in [4.69, 9.17) is 8.22 Å². The molecule has 1 saturated heterocycles. The van der Waals surface area contributed by atoms with Crippen molar-refractivity contribution in [2.24, 2.45) is 0 Å². The molecule has 1 fully saturated rings. The van der Waals surface area contributed by atoms with Crippen molar-refractivity contribution in [2.75, 3.05) is 6.54 Å². The van der Waals surface area contributed by atoms with Crippen LogP contribution in [0.5, 0.6) is 0 Å². The molecule has 1 aliphatic heterocycles. The van der Waals surface area contributed by atoms with Crippen molar-refractivity contribution in [3.8, 4) is 0 Å². The van der Waals surface area contributed by atoms with Crippen LogP contribution in [0.25, 0.3) is 0 Å². The van der Waals surface area contributed by atoms with Crippen LogP contribution >= 0.6 is 0 Å². The van der Waals surface area contributed by atoms with E-state index in [0.29, 0.717) is 13.0 Å². The molecule has 1 nitrogen and oxygen atoms in total. The molecule has 1 heterocycles. The Bertz CT molecular complexity index is 183. The maximum atomic E-state index is 7.34. The highest BCUT2D eigenvalue weighted by atomic mass is 15.0. The van der Waals surface area contributed by atoms with E-state index in [2.05, 4.69) is 5.32 Å². The molecule has 0 aromatic rings. The van der Waals surface area contributed by atoms with Gasteiger partial charge in [-0.15, -0.1) is 0 Å². The van der Waals surface area contributed by atoms with Gasteiger partial charge in [-0.05, 0) is 33.1 Å². The summed E-state index contributed by atoms with van der Waals surface area (Å²) in [5, 5.41) is 2.69. The Labute approximate surface area is 59.9 Å². The van der Waals surface area contributed by atoms with E-state index in [-0.39, 0.29) is 6.42 Å². The van der Waals surface area contributed by atoms with Crippen LogP contribution in [0, 0.1) is 0 Å². The van der Waals surface area contributed by atoms with Crippen LogP contribution in [0.4, 0.5) is 0 Å². The standard InChI is InChI=1S/C7H15N/c1-7(2)5-3-4-6-8-7/h8H,3-6H2,1-2H3/i1D3,2D3. The lowest BCUT2D eigenvalue weighted by Crippen LogP contribution is -2.42. The van der Waals surface area contributed by atoms with E-state index in [1.807, 2.05) is 0 Å². The monoisotopic (exact) mass is 119 g/mol. The van der Waals surface area contributed by atoms with Gasteiger partial charge in [0.25, 0.3) is 0 Å². The zero-order valence-corrected chi connectivity index (χ0v) is 4.83. The lowest BCUT2D eigenvalue weighted by atomic mass is 9.93. The van der Waals surface area contributed by atoms with Crippen molar-refractivity contribution in [3.63, 3.8) is 0 Å². The lowest BCUT2D eigenvalue weighted by molar-refractivity contribution is 0.304. The first kappa shape index (κ1) is 1.98. The minimum atomic E-state index is -2.47. The number of rotatable bonds is 0. The van der Waals surface area contributed by atoms with Crippen LogP contribution in [0.1, 0.15) is 41.2 Å². The summed E-state index contributed by atoms with van der Waals surface area (Å²) in [6, 6.07) is 0. The molecule has 1 N–H and O–H groups in total. The first-order valence-electron chi connectivity index (χ1n) is 5.96. The Morgan fingerprint density at radius 2 is 2.38 bits per heavy atom. The molecule has 1 aliphatic rings. The lowest BCUT2D eigenvalue weighted by Gasteiger charge is -2.30. The number of hydrogen-bond acceptors (Lipinski definition) is 1. The fraction of sp³-hybridized carbons (Fsp3) is 1.00. The molecular formula is C7H15N. The molecule has 0 saturated carbocycles. The molecule has 0 radical (unpaired) electrons. The molecule has 0 bridgehead atoms. The van der Waals surface area contributed by atoms with E-state index < -0.39 is 19.2 Å². The first-order valence-corrected chi connectivity index (χ1v) is 2.96. The first-order chi connectivity index (χ1) is 6.21. The second-order valence-corrected chi connectivity index (χ2v) is 2.29. The van der Waals surface area contributed by atoms with Crippen LogP contribution in [0.3, 0.4) is 0 Å². The van der Waals surface area contributed by atoms with Crippen molar-refractivity contribution >= 4 is 0 Å². The smallest absolute Gasteiger partial charge is 0.0249 e. The number of hydrogen-bond donors (Lipinski definition) is 1. The van der Waals surface area contributed by atoms with Crippen molar-refractivity contribution in [1.82, 2.24) is 5.32 Å². The highest BCUT2D eigenvalue weighted by Gasteiger charge is 2.18. The summed E-state index contributed by atoms with van der Waals surface area (Å²) in [5.74, 6) is 0. The Morgan fingerprint density at radius 1 is 1.50 bits per heavy atom. The van der Waals surface area contributed by atoms with E-state index in [1.54, 1.807) is 0 Å². The van der Waals surface area contributed by atoms with Crippen molar-refractivity contribution < 1.29 is 8.22 Å². The van der Waals surface area contributed by atoms with Crippen LogP contribution in [0.15, 0.2) is 0 Å². The molecule has 1 rings (SSSR count). The van der Waals surface area contributed by atoms with Crippen molar-refractivity contribution in [3.05, 3.63) is 0 Å². The second kappa shape index (κ2) is 2.06. The predicted molar refractivity (Wildman–Crippen MR) is 35.9 cm³/mol. The topological polar surface area (TPSA) is 12.0 Å². The average molecular weight is 119 g/mol. The van der Waals surface area contributed by atoms with Gasteiger partial charge >= 0.3 is 0 Å². The van der Waals surface area contributed by atoms with Crippen molar-refractivity contribution in [1.29, 1.82) is 0 Å². The highest BCUT2D eigenvalue weighted by Crippen LogP contribution is 2.16. The van der Waals surface area contributed by atoms with Gasteiger partial charge in [0.05, 0.1) is 0 Å². The van der Waals surface area contributed by atoms with Gasteiger partial charge < -0.3 is 5.32 Å². The summed E-state index contributed by atoms with van der Waals surface area (Å²) >= 11 is 0. The van der Waals surface area contributed by atoms with E-state index in [1.165, 1.54) is 0 Å². The highest BCUT2D eigenvalue weighted by molar-refractivity contribution is 4.80. The van der Waals surface area contributed by atoms with E-state index >= 15 is 0 Å². The molecule has 0 unspecified atom stereocenters. The van der Waals surface area contributed by atoms with Gasteiger partial charge in [-0.3, -0.25) is 0 Å². The SMILES string of the molecule is [2H]C([2H])([2H])C1(C([2H])([2H])[2H])CCCCN1. The molecule has 8 heavy (non-hydrogen) atoms. The van der Waals surface area contributed by atoms with Gasteiger partial charge in [-0.2, -0.15) is 0 Å². The molecule has 0 atom stereocenters. The molecule has 0 spiro atoms.